The first-order valence-electron chi connectivity index (χ1n) is 4.77. The Balaban J connectivity index is 2.14. The van der Waals surface area contributed by atoms with Crippen LogP contribution in [0.25, 0.3) is 0 Å². The lowest BCUT2D eigenvalue weighted by atomic mass is 10.3. The van der Waals surface area contributed by atoms with Gasteiger partial charge in [0.1, 0.15) is 0 Å². The molecule has 0 fully saturated rings. The largest absolute Gasteiger partial charge is 0.367 e. The number of nitrogens with one attached hydrogen (secondary N) is 2. The standard InChI is InChI=1S/C10H19N3/c1-11-5-3-7-13(2)9-10-4-6-12-8-10/h4,6,8,11-12H,3,5,7,9H2,1-2H3. The predicted octanol–water partition coefficient (Wildman–Crippen LogP) is 1.06. The molecule has 74 valence electrons. The van der Waals surface area contributed by atoms with E-state index in [1.807, 2.05) is 13.2 Å². The van der Waals surface area contributed by atoms with Gasteiger partial charge in [0, 0.05) is 18.9 Å². The zero-order chi connectivity index (χ0) is 9.52. The zero-order valence-corrected chi connectivity index (χ0v) is 8.51. The molecule has 13 heavy (non-hydrogen) atoms. The molecule has 0 atom stereocenters. The maximum absolute atomic E-state index is 3.15. The maximum atomic E-state index is 3.15. The average molecular weight is 181 g/mol. The number of hydrogen-bond donors (Lipinski definition) is 2. The van der Waals surface area contributed by atoms with E-state index in [1.165, 1.54) is 12.0 Å². The SMILES string of the molecule is CNCCCN(C)Cc1cc[nH]c1. The summed E-state index contributed by atoms with van der Waals surface area (Å²) in [7, 11) is 4.15. The highest BCUT2D eigenvalue weighted by atomic mass is 15.1. The first-order chi connectivity index (χ1) is 6.33. The van der Waals surface area contributed by atoms with E-state index in [9.17, 15) is 0 Å². The van der Waals surface area contributed by atoms with E-state index in [4.69, 9.17) is 0 Å². The molecule has 0 aliphatic heterocycles. The second kappa shape index (κ2) is 5.78. The third-order valence-corrected chi connectivity index (χ3v) is 2.08. The van der Waals surface area contributed by atoms with E-state index in [1.54, 1.807) is 0 Å². The Morgan fingerprint density at radius 3 is 3.00 bits per heavy atom. The Bertz CT molecular complexity index is 206. The van der Waals surface area contributed by atoms with E-state index in [-0.39, 0.29) is 0 Å². The van der Waals surface area contributed by atoms with Crippen LogP contribution in [0.4, 0.5) is 0 Å². The lowest BCUT2D eigenvalue weighted by Gasteiger charge is -2.15. The molecule has 0 saturated carbocycles. The van der Waals surface area contributed by atoms with Crippen LogP contribution in [0.2, 0.25) is 0 Å². The summed E-state index contributed by atoms with van der Waals surface area (Å²) in [6.07, 6.45) is 5.22. The Labute approximate surface area is 80.1 Å². The Hall–Kier alpha value is -0.800. The van der Waals surface area contributed by atoms with Gasteiger partial charge >= 0.3 is 0 Å². The second-order valence-electron chi connectivity index (χ2n) is 3.41. The van der Waals surface area contributed by atoms with Crippen LogP contribution in [0.15, 0.2) is 18.5 Å². The number of H-pyrrole nitrogens is 1. The highest BCUT2D eigenvalue weighted by Gasteiger charge is 1.99. The fraction of sp³-hybridized carbons (Fsp3) is 0.600. The Kier molecular flexibility index (Phi) is 4.57. The zero-order valence-electron chi connectivity index (χ0n) is 8.51. The van der Waals surface area contributed by atoms with E-state index in [0.29, 0.717) is 0 Å². The van der Waals surface area contributed by atoms with Crippen LogP contribution in [-0.4, -0.2) is 37.1 Å². The van der Waals surface area contributed by atoms with Crippen molar-refractivity contribution in [2.24, 2.45) is 0 Å². The van der Waals surface area contributed by atoms with E-state index >= 15 is 0 Å². The van der Waals surface area contributed by atoms with Crippen LogP contribution in [0.1, 0.15) is 12.0 Å². The van der Waals surface area contributed by atoms with Crippen molar-refractivity contribution in [2.75, 3.05) is 27.2 Å². The van der Waals surface area contributed by atoms with Gasteiger partial charge < -0.3 is 15.2 Å². The highest BCUT2D eigenvalue weighted by molar-refractivity contribution is 5.07. The van der Waals surface area contributed by atoms with E-state index < -0.39 is 0 Å². The third-order valence-electron chi connectivity index (χ3n) is 2.08. The normalized spacial score (nSPS) is 11.0. The van der Waals surface area contributed by atoms with Gasteiger partial charge in [-0.1, -0.05) is 0 Å². The molecule has 0 unspecified atom stereocenters. The van der Waals surface area contributed by atoms with Crippen molar-refractivity contribution in [1.82, 2.24) is 15.2 Å². The van der Waals surface area contributed by atoms with Crippen molar-refractivity contribution < 1.29 is 0 Å². The lowest BCUT2D eigenvalue weighted by molar-refractivity contribution is 0.321. The van der Waals surface area contributed by atoms with Crippen molar-refractivity contribution in [3.63, 3.8) is 0 Å². The number of nitrogens with zero attached hydrogens (tertiary/aromatic N) is 1. The molecule has 3 heteroatoms. The summed E-state index contributed by atoms with van der Waals surface area (Å²) in [5, 5.41) is 3.15. The van der Waals surface area contributed by atoms with Gasteiger partial charge in [-0.15, -0.1) is 0 Å². The molecule has 0 saturated heterocycles. The molecular formula is C10H19N3. The quantitative estimate of drug-likeness (QED) is 0.643. The van der Waals surface area contributed by atoms with Gasteiger partial charge in [0.25, 0.3) is 0 Å². The highest BCUT2D eigenvalue weighted by Crippen LogP contribution is 2.01. The molecule has 1 aromatic rings. The van der Waals surface area contributed by atoms with E-state index in [2.05, 4.69) is 34.5 Å². The summed E-state index contributed by atoms with van der Waals surface area (Å²) >= 11 is 0. The monoisotopic (exact) mass is 181 g/mol. The van der Waals surface area contributed by atoms with Crippen molar-refractivity contribution in [1.29, 1.82) is 0 Å². The molecule has 0 bridgehead atoms. The van der Waals surface area contributed by atoms with Gasteiger partial charge in [-0.05, 0) is 45.2 Å². The Morgan fingerprint density at radius 1 is 1.54 bits per heavy atom. The topological polar surface area (TPSA) is 31.1 Å². The van der Waals surface area contributed by atoms with Crippen molar-refractivity contribution in [2.45, 2.75) is 13.0 Å². The third kappa shape index (κ3) is 4.10. The van der Waals surface area contributed by atoms with Crippen molar-refractivity contribution >= 4 is 0 Å². The van der Waals surface area contributed by atoms with Crippen molar-refractivity contribution in [3.8, 4) is 0 Å². The van der Waals surface area contributed by atoms with Gasteiger partial charge in [-0.25, -0.2) is 0 Å². The van der Waals surface area contributed by atoms with E-state index in [0.717, 1.165) is 19.6 Å². The minimum Gasteiger partial charge on any atom is -0.367 e. The van der Waals surface area contributed by atoms with Crippen LogP contribution in [0.5, 0.6) is 0 Å². The van der Waals surface area contributed by atoms with Crippen LogP contribution < -0.4 is 5.32 Å². The predicted molar refractivity (Wildman–Crippen MR) is 55.7 cm³/mol. The molecular weight excluding hydrogens is 162 g/mol. The molecule has 1 aromatic heterocycles. The molecule has 0 aromatic carbocycles. The average Bonchev–Trinajstić information content (AvgIpc) is 2.57. The fourth-order valence-electron chi connectivity index (χ4n) is 1.37. The second-order valence-corrected chi connectivity index (χ2v) is 3.41. The van der Waals surface area contributed by atoms with Gasteiger partial charge in [-0.2, -0.15) is 0 Å². The van der Waals surface area contributed by atoms with Gasteiger partial charge in [-0.3, -0.25) is 0 Å². The van der Waals surface area contributed by atoms with Crippen LogP contribution in [-0.2, 0) is 6.54 Å². The number of aromatic nitrogens is 1. The minimum absolute atomic E-state index is 1.03. The summed E-state index contributed by atoms with van der Waals surface area (Å²) < 4.78 is 0. The van der Waals surface area contributed by atoms with Gasteiger partial charge in [0.05, 0.1) is 0 Å². The first-order valence-corrected chi connectivity index (χ1v) is 4.77. The summed E-state index contributed by atoms with van der Waals surface area (Å²) in [6, 6.07) is 2.12. The number of rotatable bonds is 6. The maximum Gasteiger partial charge on any atom is 0.0245 e. The number of hydrogen-bond acceptors (Lipinski definition) is 2. The minimum atomic E-state index is 1.03. The molecule has 2 N–H and O–H groups in total. The lowest BCUT2D eigenvalue weighted by Crippen LogP contribution is -2.22. The van der Waals surface area contributed by atoms with Gasteiger partial charge in [0.2, 0.25) is 0 Å². The number of aromatic amines is 1. The molecule has 0 amide bonds. The molecule has 3 nitrogen and oxygen atoms in total. The molecule has 1 heterocycles. The first kappa shape index (κ1) is 10.3. The smallest absolute Gasteiger partial charge is 0.0245 e. The summed E-state index contributed by atoms with van der Waals surface area (Å²) in [6.45, 7) is 3.27. The molecule has 0 aliphatic rings. The summed E-state index contributed by atoms with van der Waals surface area (Å²) in [5.74, 6) is 0. The fourth-order valence-corrected chi connectivity index (χ4v) is 1.37. The van der Waals surface area contributed by atoms with Crippen molar-refractivity contribution in [3.05, 3.63) is 24.0 Å². The van der Waals surface area contributed by atoms with Crippen LogP contribution >= 0.6 is 0 Å². The molecule has 1 rings (SSSR count). The summed E-state index contributed by atoms with van der Waals surface area (Å²) in [5.41, 5.74) is 1.35. The summed E-state index contributed by atoms with van der Waals surface area (Å²) in [4.78, 5) is 5.40. The van der Waals surface area contributed by atoms with Crippen LogP contribution in [0, 0.1) is 0 Å². The van der Waals surface area contributed by atoms with Gasteiger partial charge in [0.15, 0.2) is 0 Å². The Morgan fingerprint density at radius 2 is 2.38 bits per heavy atom. The van der Waals surface area contributed by atoms with Crippen LogP contribution in [0.3, 0.4) is 0 Å². The molecule has 0 radical (unpaired) electrons. The molecule has 0 aliphatic carbocycles. The molecule has 0 spiro atoms.